The Bertz CT molecular complexity index is 940. The van der Waals surface area contributed by atoms with Crippen molar-refractivity contribution in [2.24, 2.45) is 5.41 Å². The third-order valence-electron chi connectivity index (χ3n) is 8.33. The number of ether oxygens (including phenoxy) is 1. The lowest BCUT2D eigenvalue weighted by Gasteiger charge is -2.58. The summed E-state index contributed by atoms with van der Waals surface area (Å²) in [4.78, 5) is 19.1. The summed E-state index contributed by atoms with van der Waals surface area (Å²) in [5.74, 6) is 1.08. The Balaban J connectivity index is 1.17. The number of aryl methyl sites for hydroxylation is 1. The van der Waals surface area contributed by atoms with Gasteiger partial charge >= 0.3 is 6.09 Å². The van der Waals surface area contributed by atoms with Crippen molar-refractivity contribution in [2.45, 2.75) is 103 Å². The fourth-order valence-corrected chi connectivity index (χ4v) is 6.76. The van der Waals surface area contributed by atoms with Gasteiger partial charge in [0.2, 0.25) is 0 Å². The molecule has 1 spiro atoms. The van der Waals surface area contributed by atoms with Crippen LogP contribution in [0.15, 0.2) is 6.07 Å². The Hall–Kier alpha value is -1.80. The van der Waals surface area contributed by atoms with E-state index in [1.165, 1.54) is 5.69 Å². The van der Waals surface area contributed by atoms with Crippen molar-refractivity contribution < 1.29 is 14.6 Å². The zero-order valence-electron chi connectivity index (χ0n) is 22.1. The van der Waals surface area contributed by atoms with E-state index in [0.717, 1.165) is 64.2 Å². The van der Waals surface area contributed by atoms with Crippen molar-refractivity contribution in [2.75, 3.05) is 37.6 Å². The summed E-state index contributed by atoms with van der Waals surface area (Å²) in [5, 5.41) is 15.2. The minimum absolute atomic E-state index is 0.0265. The van der Waals surface area contributed by atoms with Crippen LogP contribution in [0.2, 0.25) is 0 Å². The van der Waals surface area contributed by atoms with Crippen LogP contribution >= 0.6 is 0 Å². The second-order valence-electron chi connectivity index (χ2n) is 13.5. The largest absolute Gasteiger partial charge is 0.444 e. The Morgan fingerprint density at radius 1 is 1.09 bits per heavy atom. The van der Waals surface area contributed by atoms with Gasteiger partial charge in [0.1, 0.15) is 5.60 Å². The third-order valence-corrected chi connectivity index (χ3v) is 8.33. The number of carbonyl (C=O) groups is 1. The Kier molecular flexibility index (Phi) is 5.34. The van der Waals surface area contributed by atoms with E-state index in [-0.39, 0.29) is 17.0 Å². The smallest absolute Gasteiger partial charge is 0.410 e. The summed E-state index contributed by atoms with van der Waals surface area (Å²) in [7, 11) is 0. The van der Waals surface area contributed by atoms with Crippen molar-refractivity contribution in [1.82, 2.24) is 19.6 Å². The van der Waals surface area contributed by atoms with Gasteiger partial charge < -0.3 is 19.6 Å². The van der Waals surface area contributed by atoms with Gasteiger partial charge in [-0.3, -0.25) is 9.58 Å². The summed E-state index contributed by atoms with van der Waals surface area (Å²) < 4.78 is 7.74. The highest BCUT2D eigenvalue weighted by Crippen LogP contribution is 2.54. The molecule has 8 nitrogen and oxygen atoms in total. The minimum atomic E-state index is -0.512. The highest BCUT2D eigenvalue weighted by molar-refractivity contribution is 5.69. The van der Waals surface area contributed by atoms with E-state index >= 15 is 0 Å². The van der Waals surface area contributed by atoms with Gasteiger partial charge in [0, 0.05) is 61.5 Å². The van der Waals surface area contributed by atoms with E-state index in [1.807, 2.05) is 32.6 Å². The van der Waals surface area contributed by atoms with Crippen molar-refractivity contribution >= 4 is 11.9 Å². The zero-order valence-corrected chi connectivity index (χ0v) is 22.1. The van der Waals surface area contributed by atoms with Crippen LogP contribution in [0, 0.1) is 12.3 Å². The highest BCUT2D eigenvalue weighted by Gasteiger charge is 2.55. The minimum Gasteiger partial charge on any atom is -0.444 e. The first-order valence-corrected chi connectivity index (χ1v) is 12.9. The fourth-order valence-electron chi connectivity index (χ4n) is 6.76. The molecule has 1 saturated carbocycles. The van der Waals surface area contributed by atoms with E-state index in [2.05, 4.69) is 41.3 Å². The second kappa shape index (κ2) is 7.60. The molecule has 3 aliphatic heterocycles. The first-order valence-electron chi connectivity index (χ1n) is 12.9. The number of piperidine rings is 1. The number of hydrogen-bond acceptors (Lipinski definition) is 6. The predicted molar refractivity (Wildman–Crippen MR) is 132 cm³/mol. The summed E-state index contributed by atoms with van der Waals surface area (Å²) in [6, 6.07) is 3.20. The van der Waals surface area contributed by atoms with Gasteiger partial charge in [-0.1, -0.05) is 0 Å². The molecule has 34 heavy (non-hydrogen) atoms. The maximum atomic E-state index is 12.3. The monoisotopic (exact) mass is 473 g/mol. The maximum Gasteiger partial charge on any atom is 0.410 e. The number of β-amino-alcohol motifs (C(OH)–C–C–N with tert-alkyl or cyclic N) is 1. The Morgan fingerprint density at radius 3 is 2.29 bits per heavy atom. The van der Waals surface area contributed by atoms with Crippen LogP contribution < -0.4 is 4.90 Å². The van der Waals surface area contributed by atoms with Crippen LogP contribution in [0.1, 0.15) is 79.0 Å². The first kappa shape index (κ1) is 23.9. The third kappa shape index (κ3) is 4.32. The van der Waals surface area contributed by atoms with Gasteiger partial charge in [-0.2, -0.15) is 5.10 Å². The highest BCUT2D eigenvalue weighted by atomic mass is 16.6. The van der Waals surface area contributed by atoms with Gasteiger partial charge in [-0.05, 0) is 74.1 Å². The maximum absolute atomic E-state index is 12.3. The molecule has 8 heteroatoms. The Labute approximate surface area is 204 Å². The van der Waals surface area contributed by atoms with E-state index in [0.29, 0.717) is 12.1 Å². The van der Waals surface area contributed by atoms with Gasteiger partial charge in [0.25, 0.3) is 0 Å². The standard InChI is InChI=1S/C26H43N5O3/c1-18-10-21(30-9-8-19(11-24(30,5)6)28-14-25(7,33)15-28)27-31(18)20-12-26(13-20)16-29(17-26)22(32)34-23(2,3)4/h10,19-20,33H,8-9,11-17H2,1-7H3. The molecule has 0 aromatic carbocycles. The molecule has 3 saturated heterocycles. The number of rotatable bonds is 3. The number of anilines is 1. The van der Waals surface area contributed by atoms with Crippen LogP contribution in [0.3, 0.4) is 0 Å². The summed E-state index contributed by atoms with van der Waals surface area (Å²) in [6.07, 6.45) is 4.16. The quantitative estimate of drug-likeness (QED) is 0.723. The zero-order chi connectivity index (χ0) is 24.7. The van der Waals surface area contributed by atoms with Crippen LogP contribution in [-0.4, -0.2) is 86.3 Å². The molecule has 1 atom stereocenters. The number of amides is 1. The predicted octanol–water partition coefficient (Wildman–Crippen LogP) is 3.58. The molecule has 190 valence electrons. The number of aromatic nitrogens is 2. The molecule has 5 rings (SSSR count). The van der Waals surface area contributed by atoms with Gasteiger partial charge in [0.05, 0.1) is 11.6 Å². The molecule has 0 bridgehead atoms. The molecule has 4 aliphatic rings. The van der Waals surface area contributed by atoms with Crippen LogP contribution in [0.25, 0.3) is 0 Å². The van der Waals surface area contributed by atoms with E-state index < -0.39 is 11.2 Å². The normalized spacial score (nSPS) is 28.3. The summed E-state index contributed by atoms with van der Waals surface area (Å²) >= 11 is 0. The lowest BCUT2D eigenvalue weighted by molar-refractivity contribution is -0.109. The molecule has 1 N–H and O–H groups in total. The molecule has 4 fully saturated rings. The van der Waals surface area contributed by atoms with Crippen molar-refractivity contribution in [3.63, 3.8) is 0 Å². The SMILES string of the molecule is Cc1cc(N2CCC(N3CC(C)(O)C3)CC2(C)C)nn1C1CC2(C1)CN(C(=O)OC(C)(C)C)C2. The molecule has 4 heterocycles. The lowest BCUT2D eigenvalue weighted by atomic mass is 9.61. The van der Waals surface area contributed by atoms with Crippen molar-refractivity contribution in [3.8, 4) is 0 Å². The Morgan fingerprint density at radius 2 is 1.74 bits per heavy atom. The van der Waals surface area contributed by atoms with Gasteiger partial charge in [-0.25, -0.2) is 4.79 Å². The van der Waals surface area contributed by atoms with E-state index in [9.17, 15) is 9.90 Å². The van der Waals surface area contributed by atoms with E-state index in [4.69, 9.17) is 9.84 Å². The molecule has 1 aromatic rings. The summed E-state index contributed by atoms with van der Waals surface area (Å²) in [6.45, 7) is 18.7. The summed E-state index contributed by atoms with van der Waals surface area (Å²) in [5.41, 5.74) is 0.535. The van der Waals surface area contributed by atoms with Gasteiger partial charge in [0.15, 0.2) is 5.82 Å². The second-order valence-corrected chi connectivity index (χ2v) is 13.5. The van der Waals surface area contributed by atoms with E-state index in [1.54, 1.807) is 0 Å². The average Bonchev–Trinajstić information content (AvgIpc) is 2.95. The van der Waals surface area contributed by atoms with Crippen molar-refractivity contribution in [1.29, 1.82) is 0 Å². The van der Waals surface area contributed by atoms with Crippen LogP contribution in [-0.2, 0) is 4.74 Å². The van der Waals surface area contributed by atoms with Gasteiger partial charge in [-0.15, -0.1) is 0 Å². The topological polar surface area (TPSA) is 74.1 Å². The number of nitrogens with zero attached hydrogens (tertiary/aromatic N) is 5. The molecular weight excluding hydrogens is 430 g/mol. The molecule has 1 aliphatic carbocycles. The molecule has 1 amide bonds. The number of carbonyl (C=O) groups excluding carboxylic acids is 1. The lowest BCUT2D eigenvalue weighted by Crippen LogP contribution is -2.66. The number of aliphatic hydroxyl groups is 1. The average molecular weight is 474 g/mol. The first-order chi connectivity index (χ1) is 15.7. The van der Waals surface area contributed by atoms with Crippen molar-refractivity contribution in [3.05, 3.63) is 11.8 Å². The molecule has 0 radical (unpaired) electrons. The fraction of sp³-hybridized carbons (Fsp3) is 0.846. The van der Waals surface area contributed by atoms with Crippen LogP contribution in [0.5, 0.6) is 0 Å². The molecular formula is C26H43N5O3. The molecule has 1 aromatic heterocycles. The van der Waals surface area contributed by atoms with Crippen LogP contribution in [0.4, 0.5) is 10.6 Å². The number of likely N-dealkylation sites (tertiary alicyclic amines) is 2. The molecule has 1 unspecified atom stereocenters. The number of hydrogen-bond donors (Lipinski definition) is 1.